The van der Waals surface area contributed by atoms with Crippen molar-refractivity contribution in [2.75, 3.05) is 14.2 Å². The lowest BCUT2D eigenvalue weighted by atomic mass is 9.89. The molecule has 0 radical (unpaired) electrons. The van der Waals surface area contributed by atoms with Crippen LogP contribution in [0.5, 0.6) is 0 Å². The van der Waals surface area contributed by atoms with E-state index in [0.29, 0.717) is 0 Å². The van der Waals surface area contributed by atoms with Crippen molar-refractivity contribution < 1.29 is 9.41 Å². The summed E-state index contributed by atoms with van der Waals surface area (Å²) in [4.78, 5) is 5.98. The minimum atomic E-state index is 1.03. The summed E-state index contributed by atoms with van der Waals surface area (Å²) in [6.45, 7) is 0. The molecule has 0 saturated carbocycles. The molecule has 5 aromatic carbocycles. The Morgan fingerprint density at radius 1 is 0.667 bits per heavy atom. The van der Waals surface area contributed by atoms with Crippen LogP contribution in [0.2, 0.25) is 0 Å². The van der Waals surface area contributed by atoms with Crippen molar-refractivity contribution in [3.05, 3.63) is 168 Å². The van der Waals surface area contributed by atoms with Gasteiger partial charge in [-0.3, -0.25) is 0 Å². The zero-order chi connectivity index (χ0) is 28.5. The van der Waals surface area contributed by atoms with Crippen molar-refractivity contribution in [2.45, 2.75) is 0 Å². The Morgan fingerprint density at radius 3 is 1.98 bits per heavy atom. The second kappa shape index (κ2) is 10.9. The predicted octanol–water partition coefficient (Wildman–Crippen LogP) is 8.77. The number of hydrogen-bond acceptors (Lipinski definition) is 1. The van der Waals surface area contributed by atoms with Gasteiger partial charge in [0.2, 0.25) is 11.4 Å². The molecule has 1 aliphatic heterocycles. The van der Waals surface area contributed by atoms with Crippen LogP contribution in [0, 0.1) is 0 Å². The molecular formula is C39H31N2O+. The average molecular weight is 544 g/mol. The van der Waals surface area contributed by atoms with E-state index in [2.05, 4.69) is 157 Å². The highest BCUT2D eigenvalue weighted by atomic mass is 16.6. The first-order chi connectivity index (χ1) is 20.8. The Labute approximate surface area is 246 Å². The van der Waals surface area contributed by atoms with Crippen LogP contribution in [0.1, 0.15) is 22.3 Å². The molecule has 0 bridgehead atoms. The maximum absolute atomic E-state index is 5.98. The van der Waals surface area contributed by atoms with Gasteiger partial charge in [0.15, 0.2) is 0 Å². The van der Waals surface area contributed by atoms with Gasteiger partial charge in [-0.15, -0.1) is 0 Å². The highest BCUT2D eigenvalue weighted by Gasteiger charge is 2.35. The van der Waals surface area contributed by atoms with Crippen molar-refractivity contribution in [2.24, 2.45) is 0 Å². The molecule has 0 fully saturated rings. The largest absolute Gasteiger partial charge is 0.416 e. The first-order valence-corrected chi connectivity index (χ1v) is 14.2. The maximum Gasteiger partial charge on any atom is 0.221 e. The lowest BCUT2D eigenvalue weighted by Gasteiger charge is -2.11. The summed E-state index contributed by atoms with van der Waals surface area (Å²) in [7, 11) is 3.90. The van der Waals surface area contributed by atoms with Gasteiger partial charge in [-0.25, -0.2) is 0 Å². The third-order valence-corrected chi connectivity index (χ3v) is 8.03. The van der Waals surface area contributed by atoms with E-state index in [1.807, 2.05) is 10.8 Å². The summed E-state index contributed by atoms with van der Waals surface area (Å²) in [6.07, 6.45) is 4.55. The van der Waals surface area contributed by atoms with Crippen LogP contribution in [-0.2, 0) is 0 Å². The van der Waals surface area contributed by atoms with Crippen LogP contribution in [0.3, 0.4) is 0 Å². The molecule has 0 N–H and O–H groups in total. The van der Waals surface area contributed by atoms with E-state index < -0.39 is 0 Å². The van der Waals surface area contributed by atoms with E-state index in [0.717, 1.165) is 27.7 Å². The number of allylic oxidation sites excluding steroid dienone is 3. The zero-order valence-electron chi connectivity index (χ0n) is 23.7. The van der Waals surface area contributed by atoms with Crippen molar-refractivity contribution in [1.82, 2.24) is 4.73 Å². The first-order valence-electron chi connectivity index (χ1n) is 14.2. The smallest absolute Gasteiger partial charge is 0.221 e. The van der Waals surface area contributed by atoms with E-state index in [-0.39, 0.29) is 0 Å². The van der Waals surface area contributed by atoms with Gasteiger partial charge in [0.25, 0.3) is 0 Å². The monoisotopic (exact) mass is 543 g/mol. The van der Waals surface area contributed by atoms with Crippen LogP contribution in [0.4, 0.5) is 5.69 Å². The van der Waals surface area contributed by atoms with Gasteiger partial charge in [-0.1, -0.05) is 121 Å². The number of hydrogen-bond donors (Lipinski definition) is 0. The van der Waals surface area contributed by atoms with Crippen LogP contribution < -0.4 is 4.84 Å². The third-order valence-electron chi connectivity index (χ3n) is 8.03. The average Bonchev–Trinajstić information content (AvgIpc) is 3.54. The molecule has 1 aromatic heterocycles. The quantitative estimate of drug-likeness (QED) is 0.192. The van der Waals surface area contributed by atoms with Gasteiger partial charge < -0.3 is 4.84 Å². The fourth-order valence-electron chi connectivity index (χ4n) is 6.17. The van der Waals surface area contributed by atoms with Gasteiger partial charge in [-0.2, -0.15) is 9.31 Å². The summed E-state index contributed by atoms with van der Waals surface area (Å²) in [5.41, 5.74) is 12.7. The Balaban J connectivity index is 1.54. The fraction of sp³-hybridized carbons (Fsp3) is 0.0513. The predicted molar refractivity (Wildman–Crippen MR) is 175 cm³/mol. The fourth-order valence-corrected chi connectivity index (χ4v) is 6.17. The minimum Gasteiger partial charge on any atom is -0.416 e. The second-order valence-corrected chi connectivity index (χ2v) is 10.4. The Kier molecular flexibility index (Phi) is 6.61. The number of para-hydroxylation sites is 2. The molecule has 3 heteroatoms. The molecule has 6 aromatic rings. The Morgan fingerprint density at radius 2 is 1.26 bits per heavy atom. The van der Waals surface area contributed by atoms with Gasteiger partial charge in [0.05, 0.1) is 22.3 Å². The van der Waals surface area contributed by atoms with Gasteiger partial charge in [-0.05, 0) is 35.4 Å². The van der Waals surface area contributed by atoms with Gasteiger partial charge >= 0.3 is 0 Å². The lowest BCUT2D eigenvalue weighted by Crippen LogP contribution is -2.11. The summed E-state index contributed by atoms with van der Waals surface area (Å²) in [5.74, 6) is 0. The highest BCUT2D eigenvalue weighted by molar-refractivity contribution is 6.38. The third kappa shape index (κ3) is 4.27. The SMILES string of the molecule is COn1c(-c2ccccc2)c(C=C/C(=C2/C(c3ccccc3)=[N+](C)c3ccccc32)c2ccccc2)c2ccccc21. The molecule has 42 heavy (non-hydrogen) atoms. The highest BCUT2D eigenvalue weighted by Crippen LogP contribution is 2.42. The number of rotatable bonds is 6. The summed E-state index contributed by atoms with van der Waals surface area (Å²) >= 11 is 0. The normalized spacial score (nSPS) is 14.0. The Hall–Kier alpha value is -5.41. The summed E-state index contributed by atoms with van der Waals surface area (Å²) < 4.78 is 4.27. The van der Waals surface area contributed by atoms with Crippen LogP contribution in [0.25, 0.3) is 39.4 Å². The summed E-state index contributed by atoms with van der Waals surface area (Å²) in [6, 6.07) is 49.0. The van der Waals surface area contributed by atoms with Crippen molar-refractivity contribution in [3.63, 3.8) is 0 Å². The lowest BCUT2D eigenvalue weighted by molar-refractivity contribution is -0.400. The topological polar surface area (TPSA) is 17.2 Å². The molecule has 0 amide bonds. The van der Waals surface area contributed by atoms with Crippen LogP contribution in [0.15, 0.2) is 146 Å². The van der Waals surface area contributed by atoms with Crippen molar-refractivity contribution >= 4 is 39.5 Å². The number of nitrogens with zero attached hydrogens (tertiary/aromatic N) is 2. The minimum absolute atomic E-state index is 1.03. The second-order valence-electron chi connectivity index (χ2n) is 10.4. The molecule has 7 rings (SSSR count). The number of fused-ring (bicyclic) bond motifs is 2. The van der Waals surface area contributed by atoms with E-state index in [9.17, 15) is 0 Å². The van der Waals surface area contributed by atoms with Crippen molar-refractivity contribution in [3.8, 4) is 11.3 Å². The number of benzene rings is 5. The molecule has 3 nitrogen and oxygen atoms in total. The van der Waals surface area contributed by atoms with E-state index in [1.165, 1.54) is 39.2 Å². The molecule has 0 atom stereocenters. The number of aromatic nitrogens is 1. The van der Waals surface area contributed by atoms with E-state index in [4.69, 9.17) is 4.84 Å². The molecule has 2 heterocycles. The zero-order valence-corrected chi connectivity index (χ0v) is 23.7. The molecule has 1 aliphatic rings. The van der Waals surface area contributed by atoms with Crippen LogP contribution >= 0.6 is 0 Å². The standard InChI is InChI=1S/C39H31N2O/c1-40-35-24-14-13-23-34(35)37(39(40)30-20-10-5-11-21-30)31(28-16-6-3-7-17-28)26-27-33-32-22-12-15-25-36(32)41(42-2)38(33)29-18-8-4-9-19-29/h3-27H,1-2H3/q+1. The molecule has 202 valence electrons. The van der Waals surface area contributed by atoms with Gasteiger partial charge in [0.1, 0.15) is 14.2 Å². The van der Waals surface area contributed by atoms with Gasteiger partial charge in [0, 0.05) is 28.1 Å². The first kappa shape index (κ1) is 25.6. The summed E-state index contributed by atoms with van der Waals surface area (Å²) in [5, 5.41) is 1.14. The molecular weight excluding hydrogens is 512 g/mol. The molecule has 0 spiro atoms. The Bertz CT molecular complexity index is 2000. The van der Waals surface area contributed by atoms with E-state index in [1.54, 1.807) is 7.11 Å². The van der Waals surface area contributed by atoms with E-state index >= 15 is 0 Å². The molecule has 0 aliphatic carbocycles. The molecule has 0 unspecified atom stereocenters. The van der Waals surface area contributed by atoms with Crippen molar-refractivity contribution in [1.29, 1.82) is 0 Å². The molecule has 0 saturated heterocycles. The van der Waals surface area contributed by atoms with Crippen LogP contribution in [-0.4, -0.2) is 29.2 Å². The maximum atomic E-state index is 5.98.